The second-order valence-corrected chi connectivity index (χ2v) is 11.6. The molecule has 4 heteroatoms. The second-order valence-electron chi connectivity index (χ2n) is 11.6. The minimum absolute atomic E-state index is 0.105. The molecule has 6 rings (SSSR count). The number of hydrogen-bond acceptors (Lipinski definition) is 3. The summed E-state index contributed by atoms with van der Waals surface area (Å²) in [5.41, 5.74) is 7.29. The summed E-state index contributed by atoms with van der Waals surface area (Å²) in [6.45, 7) is 16.9. The smallest absolute Gasteiger partial charge is 0.377 e. The first-order chi connectivity index (χ1) is 15.1. The molecule has 1 aliphatic heterocycles. The Bertz CT molecular complexity index is 1330. The number of nitrogens with one attached hydrogen (secondary N) is 2. The van der Waals surface area contributed by atoms with Crippen LogP contribution in [0.25, 0.3) is 26.7 Å². The number of hydrogen-bond donors (Lipinski definition) is 3. The number of rotatable bonds is 0. The predicted molar refractivity (Wildman–Crippen MR) is 131 cm³/mol. The van der Waals surface area contributed by atoms with Gasteiger partial charge in [-0.25, -0.2) is 6.57 Å². The van der Waals surface area contributed by atoms with Gasteiger partial charge in [-0.3, -0.25) is 15.5 Å². The summed E-state index contributed by atoms with van der Waals surface area (Å²) in [5, 5.41) is 19.6. The molecule has 3 aromatic carbocycles. The predicted octanol–water partition coefficient (Wildman–Crippen LogP) is 7.09. The normalized spacial score (nSPS) is 23.0. The lowest BCUT2D eigenvalue weighted by Gasteiger charge is -2.51. The zero-order valence-corrected chi connectivity index (χ0v) is 19.1. The molecule has 0 aromatic heterocycles. The van der Waals surface area contributed by atoms with E-state index in [1.807, 2.05) is 12.1 Å². The maximum atomic E-state index is 11.2. The molecule has 0 radical (unpaired) electrons. The van der Waals surface area contributed by atoms with Crippen molar-refractivity contribution in [1.29, 1.82) is 0 Å². The van der Waals surface area contributed by atoms with Gasteiger partial charge in [-0.1, -0.05) is 52.0 Å². The molecule has 3 N–H and O–H groups in total. The van der Waals surface area contributed by atoms with Gasteiger partial charge in [0, 0.05) is 10.8 Å². The molecule has 1 spiro atoms. The fourth-order valence-electron chi connectivity index (χ4n) is 7.51. The molecule has 0 bridgehead atoms. The van der Waals surface area contributed by atoms with Crippen LogP contribution in [0.2, 0.25) is 0 Å². The summed E-state index contributed by atoms with van der Waals surface area (Å²) in [5.74, 6) is 0.322. The third-order valence-corrected chi connectivity index (χ3v) is 7.71. The average Bonchev–Trinajstić information content (AvgIpc) is 3.22. The number of fused-ring (bicyclic) bond motifs is 8. The van der Waals surface area contributed by atoms with Gasteiger partial charge >= 0.3 is 6.29 Å². The van der Waals surface area contributed by atoms with Crippen molar-refractivity contribution < 1.29 is 5.11 Å². The Labute approximate surface area is 189 Å². The van der Waals surface area contributed by atoms with Gasteiger partial charge in [0.1, 0.15) is 5.75 Å². The Hall–Kier alpha value is -3.19. The zero-order chi connectivity index (χ0) is 22.5. The molecule has 3 aliphatic rings. The van der Waals surface area contributed by atoms with Gasteiger partial charge in [-0.15, -0.1) is 0 Å². The highest BCUT2D eigenvalue weighted by molar-refractivity contribution is 6.08. The molecular weight excluding hydrogens is 394 g/mol. The van der Waals surface area contributed by atoms with E-state index < -0.39 is 6.29 Å². The summed E-state index contributed by atoms with van der Waals surface area (Å²) >= 11 is 0. The second kappa shape index (κ2) is 5.98. The van der Waals surface area contributed by atoms with Crippen molar-refractivity contribution >= 4 is 22.1 Å². The van der Waals surface area contributed by atoms with E-state index in [0.717, 1.165) is 35.0 Å². The van der Waals surface area contributed by atoms with Crippen LogP contribution in [-0.4, -0.2) is 11.4 Å². The number of aromatic hydroxyl groups is 1. The Morgan fingerprint density at radius 1 is 0.875 bits per heavy atom. The van der Waals surface area contributed by atoms with Gasteiger partial charge in [0.15, 0.2) is 0 Å². The molecule has 3 aromatic rings. The molecule has 1 heterocycles. The molecule has 1 fully saturated rings. The van der Waals surface area contributed by atoms with Crippen LogP contribution in [0.3, 0.4) is 0 Å². The van der Waals surface area contributed by atoms with Crippen molar-refractivity contribution in [2.75, 3.05) is 10.6 Å². The third-order valence-electron chi connectivity index (χ3n) is 7.71. The summed E-state index contributed by atoms with van der Waals surface area (Å²) in [6.07, 6.45) is 2.88. The summed E-state index contributed by atoms with van der Waals surface area (Å²) in [4.78, 5) is 3.59. The van der Waals surface area contributed by atoms with Crippen molar-refractivity contribution in [1.82, 2.24) is 0 Å². The van der Waals surface area contributed by atoms with Crippen molar-refractivity contribution in [2.45, 2.75) is 58.7 Å². The van der Waals surface area contributed by atoms with Crippen LogP contribution >= 0.6 is 0 Å². The van der Waals surface area contributed by atoms with Crippen LogP contribution in [-0.2, 0) is 5.41 Å². The summed E-state index contributed by atoms with van der Waals surface area (Å²) < 4.78 is 0. The van der Waals surface area contributed by atoms with Crippen LogP contribution in [0, 0.1) is 17.4 Å². The number of anilines is 2. The standard InChI is InChI=1S/C28H29N3O/c1-26(2)13-27(3,4)15-28(14-26)19-9-7-6-8-16(19)24-18-11-22-21(30-25(29-5)31-22)10-17(18)23(32)12-20(24)28/h6-12,25,30-32H,13-15H2,1-4H3. The van der Waals surface area contributed by atoms with Gasteiger partial charge in [0.25, 0.3) is 0 Å². The average molecular weight is 424 g/mol. The van der Waals surface area contributed by atoms with Crippen LogP contribution in [0.5, 0.6) is 5.75 Å². The van der Waals surface area contributed by atoms with E-state index in [4.69, 9.17) is 6.57 Å². The fraction of sp³-hybridized carbons (Fsp3) is 0.393. The fourth-order valence-corrected chi connectivity index (χ4v) is 7.51. The lowest BCUT2D eigenvalue weighted by Crippen LogP contribution is -2.43. The van der Waals surface area contributed by atoms with Crippen molar-refractivity contribution in [3.05, 3.63) is 65.0 Å². The maximum absolute atomic E-state index is 11.2. The van der Waals surface area contributed by atoms with E-state index in [0.29, 0.717) is 5.75 Å². The Morgan fingerprint density at radius 2 is 1.50 bits per heavy atom. The van der Waals surface area contributed by atoms with Gasteiger partial charge in [0.05, 0.1) is 11.4 Å². The number of benzene rings is 3. The number of nitrogens with zero attached hydrogens (tertiary/aromatic N) is 1. The molecular formula is C28H29N3O. The molecule has 1 atom stereocenters. The van der Waals surface area contributed by atoms with E-state index in [-0.39, 0.29) is 16.2 Å². The highest BCUT2D eigenvalue weighted by Crippen LogP contribution is 2.64. The highest BCUT2D eigenvalue weighted by Gasteiger charge is 2.53. The van der Waals surface area contributed by atoms with Crippen molar-refractivity contribution in [3.63, 3.8) is 0 Å². The lowest BCUT2D eigenvalue weighted by molar-refractivity contribution is 0.0645. The molecule has 162 valence electrons. The molecule has 32 heavy (non-hydrogen) atoms. The molecule has 0 amide bonds. The van der Waals surface area contributed by atoms with Gasteiger partial charge in [0.2, 0.25) is 0 Å². The first-order valence-corrected chi connectivity index (χ1v) is 11.5. The Balaban J connectivity index is 1.69. The van der Waals surface area contributed by atoms with Gasteiger partial charge in [-0.05, 0) is 75.9 Å². The number of phenolic OH excluding ortho intramolecular Hbond substituents is 1. The van der Waals surface area contributed by atoms with E-state index in [1.165, 1.54) is 28.7 Å². The summed E-state index contributed by atoms with van der Waals surface area (Å²) in [6, 6.07) is 15.0. The van der Waals surface area contributed by atoms with Gasteiger partial charge in [-0.2, -0.15) is 0 Å². The van der Waals surface area contributed by atoms with Crippen molar-refractivity contribution in [3.8, 4) is 16.9 Å². The highest BCUT2D eigenvalue weighted by atomic mass is 16.3. The monoisotopic (exact) mass is 423 g/mol. The molecule has 2 aliphatic carbocycles. The Morgan fingerprint density at radius 3 is 2.16 bits per heavy atom. The zero-order valence-electron chi connectivity index (χ0n) is 19.1. The quantitative estimate of drug-likeness (QED) is 0.338. The van der Waals surface area contributed by atoms with E-state index in [9.17, 15) is 5.11 Å². The van der Waals surface area contributed by atoms with Crippen LogP contribution in [0.1, 0.15) is 58.1 Å². The van der Waals surface area contributed by atoms with Crippen LogP contribution in [0.4, 0.5) is 11.4 Å². The largest absolute Gasteiger partial charge is 0.507 e. The first-order valence-electron chi connectivity index (χ1n) is 11.5. The van der Waals surface area contributed by atoms with E-state index in [1.54, 1.807) is 0 Å². The van der Waals surface area contributed by atoms with Crippen LogP contribution < -0.4 is 10.6 Å². The lowest BCUT2D eigenvalue weighted by atomic mass is 9.52. The summed E-state index contributed by atoms with van der Waals surface area (Å²) in [7, 11) is 0. The van der Waals surface area contributed by atoms with E-state index >= 15 is 0 Å². The minimum atomic E-state index is -0.462. The number of phenols is 1. The molecule has 4 nitrogen and oxygen atoms in total. The first kappa shape index (κ1) is 19.5. The SMILES string of the molecule is [C-]#[N+]C1Nc2cc3c(O)cc4c(c3cc2N1)-c1ccccc1C41CC(C)(C)CC(C)(C)C1. The maximum Gasteiger partial charge on any atom is 0.377 e. The van der Waals surface area contributed by atoms with Gasteiger partial charge < -0.3 is 5.11 Å². The Kier molecular flexibility index (Phi) is 3.64. The van der Waals surface area contributed by atoms with E-state index in [2.05, 4.69) is 73.5 Å². The third kappa shape index (κ3) is 2.54. The molecule has 1 unspecified atom stereocenters. The molecule has 0 saturated heterocycles. The molecule has 1 saturated carbocycles. The van der Waals surface area contributed by atoms with Crippen molar-refractivity contribution in [2.24, 2.45) is 10.8 Å². The van der Waals surface area contributed by atoms with Crippen LogP contribution in [0.15, 0.2) is 42.5 Å². The minimum Gasteiger partial charge on any atom is -0.507 e. The topological polar surface area (TPSA) is 48.7 Å².